The summed E-state index contributed by atoms with van der Waals surface area (Å²) in [7, 11) is 0. The second-order valence-electron chi connectivity index (χ2n) is 2.40. The van der Waals surface area contributed by atoms with Gasteiger partial charge in [-0.25, -0.2) is 9.97 Å². The number of hydrogen-bond acceptors (Lipinski definition) is 3. The molecule has 0 N–H and O–H groups in total. The normalized spacial score (nSPS) is 10.0. The van der Waals surface area contributed by atoms with Crippen molar-refractivity contribution in [1.29, 1.82) is 0 Å². The first-order chi connectivity index (χ1) is 5.88. The minimum Gasteiger partial charge on any atom is -0.289 e. The fraction of sp³-hybridized carbons (Fsp3) is 0. The van der Waals surface area contributed by atoms with Gasteiger partial charge in [0.15, 0.2) is 5.43 Å². The minimum absolute atomic E-state index is 0.0457. The van der Waals surface area contributed by atoms with Crippen molar-refractivity contribution in [3.05, 3.63) is 47.0 Å². The summed E-state index contributed by atoms with van der Waals surface area (Å²) in [5, 5.41) is 0.558. The molecule has 0 radical (unpaired) electrons. The third-order valence-electron chi connectivity index (χ3n) is 1.62. The van der Waals surface area contributed by atoms with Crippen molar-refractivity contribution in [2.24, 2.45) is 0 Å². The molecule has 0 fully saturated rings. The summed E-state index contributed by atoms with van der Waals surface area (Å²) < 4.78 is 0. The molecule has 58 valence electrons. The lowest BCUT2D eigenvalue weighted by molar-refractivity contribution is 1.22. The molecule has 3 heteroatoms. The van der Waals surface area contributed by atoms with Gasteiger partial charge in [-0.2, -0.15) is 0 Å². The molecule has 0 saturated carbocycles. The molecule has 0 aliphatic rings. The quantitative estimate of drug-likeness (QED) is 0.574. The first-order valence-corrected chi connectivity index (χ1v) is 3.57. The summed E-state index contributed by atoms with van der Waals surface area (Å²) >= 11 is 0. The van der Waals surface area contributed by atoms with E-state index >= 15 is 0 Å². The molecule has 0 spiro atoms. The number of nitrogens with zero attached hydrogens (tertiary/aromatic N) is 2. The lowest BCUT2D eigenvalue weighted by Gasteiger charge is -1.85. The van der Waals surface area contributed by atoms with Crippen molar-refractivity contribution in [2.45, 2.75) is 0 Å². The van der Waals surface area contributed by atoms with Gasteiger partial charge >= 0.3 is 0 Å². The maximum atomic E-state index is 11.3. The summed E-state index contributed by atoms with van der Waals surface area (Å²) in [4.78, 5) is 19.1. The van der Waals surface area contributed by atoms with Gasteiger partial charge in [-0.1, -0.05) is 12.1 Å². The summed E-state index contributed by atoms with van der Waals surface area (Å²) in [6, 6.07) is 6.78. The van der Waals surface area contributed by atoms with Gasteiger partial charge < -0.3 is 0 Å². The van der Waals surface area contributed by atoms with E-state index in [0.29, 0.717) is 10.9 Å². The van der Waals surface area contributed by atoms with Crippen LogP contribution < -0.4 is 5.43 Å². The van der Waals surface area contributed by atoms with Crippen LogP contribution in [0.3, 0.4) is 0 Å². The lowest BCUT2D eigenvalue weighted by Crippen LogP contribution is -1.95. The average molecular weight is 158 g/mol. The van der Waals surface area contributed by atoms with Crippen LogP contribution >= 0.6 is 0 Å². The van der Waals surface area contributed by atoms with E-state index in [-0.39, 0.29) is 5.43 Å². The maximum absolute atomic E-state index is 11.3. The van der Waals surface area contributed by atoms with E-state index < -0.39 is 0 Å². The zero-order chi connectivity index (χ0) is 8.39. The molecule has 0 aliphatic heterocycles. The first kappa shape index (κ1) is 6.91. The monoisotopic (exact) mass is 158 g/mol. The molecule has 0 saturated heterocycles. The highest BCUT2D eigenvalue weighted by atomic mass is 16.1. The van der Waals surface area contributed by atoms with Crippen molar-refractivity contribution in [1.82, 2.24) is 9.97 Å². The molecule has 2 rings (SSSR count). The molecule has 0 aliphatic carbocycles. The third-order valence-corrected chi connectivity index (χ3v) is 1.62. The Bertz CT molecular complexity index is 468. The second-order valence-corrected chi connectivity index (χ2v) is 2.40. The average Bonchev–Trinajstić information content (AvgIpc) is 2.29. The van der Waals surface area contributed by atoms with E-state index in [1.165, 1.54) is 18.6 Å². The summed E-state index contributed by atoms with van der Waals surface area (Å²) in [6.07, 6.45) is 2.96. The van der Waals surface area contributed by atoms with Crippen molar-refractivity contribution >= 4 is 10.9 Å². The Morgan fingerprint density at radius 1 is 1.17 bits per heavy atom. The molecular weight excluding hydrogens is 152 g/mol. The van der Waals surface area contributed by atoms with Crippen molar-refractivity contribution in [3.63, 3.8) is 0 Å². The van der Waals surface area contributed by atoms with Crippen molar-refractivity contribution in [3.8, 4) is 0 Å². The summed E-state index contributed by atoms with van der Waals surface area (Å²) in [6.45, 7) is 0. The smallest absolute Gasteiger partial charge is 0.189 e. The molecule has 2 aromatic rings. The van der Waals surface area contributed by atoms with E-state index in [2.05, 4.69) is 9.97 Å². The van der Waals surface area contributed by atoms with E-state index in [1.54, 1.807) is 18.2 Å². The maximum Gasteiger partial charge on any atom is 0.189 e. The van der Waals surface area contributed by atoms with Crippen LogP contribution in [0.4, 0.5) is 0 Å². The Balaban J connectivity index is 3.06. The van der Waals surface area contributed by atoms with Gasteiger partial charge in [0.05, 0.1) is 10.9 Å². The van der Waals surface area contributed by atoms with Crippen LogP contribution in [0.15, 0.2) is 41.6 Å². The number of hydrogen-bond donors (Lipinski definition) is 0. The molecular formula is C9H6N2O. The fourth-order valence-corrected chi connectivity index (χ4v) is 1.04. The molecule has 0 amide bonds. The molecule has 0 unspecified atom stereocenters. The van der Waals surface area contributed by atoms with Gasteiger partial charge in [-0.3, -0.25) is 4.79 Å². The predicted octanol–water partition coefficient (Wildman–Crippen LogP) is 0.990. The van der Waals surface area contributed by atoms with Crippen LogP contribution in [-0.2, 0) is 0 Å². The zero-order valence-corrected chi connectivity index (χ0v) is 6.27. The van der Waals surface area contributed by atoms with Crippen molar-refractivity contribution < 1.29 is 0 Å². The van der Waals surface area contributed by atoms with E-state index in [9.17, 15) is 4.79 Å². The molecule has 0 bridgehead atoms. The van der Waals surface area contributed by atoms with Crippen LogP contribution in [0.5, 0.6) is 0 Å². The highest BCUT2D eigenvalue weighted by Gasteiger charge is 1.93. The van der Waals surface area contributed by atoms with Gasteiger partial charge in [0.1, 0.15) is 6.33 Å². The van der Waals surface area contributed by atoms with E-state index in [0.717, 1.165) is 0 Å². The topological polar surface area (TPSA) is 42.9 Å². The van der Waals surface area contributed by atoms with Crippen LogP contribution in [0.2, 0.25) is 0 Å². The van der Waals surface area contributed by atoms with Gasteiger partial charge in [0.25, 0.3) is 0 Å². The molecule has 1 aromatic heterocycles. The van der Waals surface area contributed by atoms with E-state index in [4.69, 9.17) is 0 Å². The first-order valence-electron chi connectivity index (χ1n) is 3.57. The number of fused-ring (bicyclic) bond motifs is 1. The largest absolute Gasteiger partial charge is 0.289 e. The zero-order valence-electron chi connectivity index (χ0n) is 6.27. The number of aromatic nitrogens is 2. The fourth-order valence-electron chi connectivity index (χ4n) is 1.04. The highest BCUT2D eigenvalue weighted by molar-refractivity contribution is 5.75. The minimum atomic E-state index is -0.0457. The summed E-state index contributed by atoms with van der Waals surface area (Å²) in [5.41, 5.74) is 0.635. The van der Waals surface area contributed by atoms with Crippen molar-refractivity contribution in [2.75, 3.05) is 0 Å². The van der Waals surface area contributed by atoms with Crippen LogP contribution in [0, 0.1) is 0 Å². The molecule has 1 aromatic carbocycles. The Morgan fingerprint density at radius 3 is 2.92 bits per heavy atom. The lowest BCUT2D eigenvalue weighted by atomic mass is 10.3. The van der Waals surface area contributed by atoms with Crippen LogP contribution in [0.25, 0.3) is 10.9 Å². The van der Waals surface area contributed by atoms with Gasteiger partial charge in [-0.15, -0.1) is 0 Å². The van der Waals surface area contributed by atoms with Crippen LogP contribution in [-0.4, -0.2) is 9.97 Å². The third kappa shape index (κ3) is 1.05. The Morgan fingerprint density at radius 2 is 2.00 bits per heavy atom. The van der Waals surface area contributed by atoms with Gasteiger partial charge in [0.2, 0.25) is 0 Å². The standard InChI is InChI=1S/C9H6N2O/c12-9-4-2-1-3-8-7(9)5-10-6-11-8/h1-6H. The van der Waals surface area contributed by atoms with Gasteiger partial charge in [-0.05, 0) is 12.1 Å². The highest BCUT2D eigenvalue weighted by Crippen LogP contribution is 2.00. The Kier molecular flexibility index (Phi) is 1.55. The predicted molar refractivity (Wildman–Crippen MR) is 45.8 cm³/mol. The molecule has 12 heavy (non-hydrogen) atoms. The van der Waals surface area contributed by atoms with E-state index in [1.807, 2.05) is 0 Å². The van der Waals surface area contributed by atoms with Crippen LogP contribution in [0.1, 0.15) is 0 Å². The Labute approximate surface area is 68.7 Å². The molecule has 0 atom stereocenters. The van der Waals surface area contributed by atoms with Gasteiger partial charge in [0, 0.05) is 6.20 Å². The molecule has 1 heterocycles. The second kappa shape index (κ2) is 2.70. The number of rotatable bonds is 0. The molecule has 3 nitrogen and oxygen atoms in total. The SMILES string of the molecule is O=c1ccccc2ncncc12. The Hall–Kier alpha value is -1.77. The summed E-state index contributed by atoms with van der Waals surface area (Å²) in [5.74, 6) is 0.